The Labute approximate surface area is 119 Å². The average molecular weight is 282 g/mol. The molecule has 0 atom stereocenters. The molecule has 1 aliphatic rings. The number of nitrogens with one attached hydrogen (secondary N) is 2. The summed E-state index contributed by atoms with van der Waals surface area (Å²) in [5, 5.41) is 3.65. The van der Waals surface area contributed by atoms with Crippen molar-refractivity contribution in [3.05, 3.63) is 28.8 Å². The van der Waals surface area contributed by atoms with Gasteiger partial charge in [0, 0.05) is 10.7 Å². The molecule has 1 aromatic rings. The number of carbonyl (C=O) groups is 1. The van der Waals surface area contributed by atoms with E-state index in [1.807, 2.05) is 25.1 Å². The van der Waals surface area contributed by atoms with Gasteiger partial charge in [0.2, 0.25) is 5.91 Å². The van der Waals surface area contributed by atoms with Crippen molar-refractivity contribution >= 4 is 23.2 Å². The van der Waals surface area contributed by atoms with Crippen LogP contribution in [0.4, 0.5) is 5.69 Å². The van der Waals surface area contributed by atoms with Crippen LogP contribution in [0.2, 0.25) is 5.02 Å². The molecular formula is C15H22ClN2O+. The van der Waals surface area contributed by atoms with Crippen molar-refractivity contribution in [1.82, 2.24) is 0 Å². The number of carbonyl (C=O) groups excluding carboxylic acids is 1. The maximum Gasteiger partial charge on any atom is 0.230 e. The van der Waals surface area contributed by atoms with Crippen molar-refractivity contribution in [1.29, 1.82) is 0 Å². The summed E-state index contributed by atoms with van der Waals surface area (Å²) in [7, 11) is 0. The predicted octanol–water partition coefficient (Wildman–Crippen LogP) is 2.05. The highest BCUT2D eigenvalue weighted by Gasteiger charge is 2.15. The average Bonchev–Trinajstić information content (AvgIpc) is 2.43. The molecule has 0 bridgehead atoms. The van der Waals surface area contributed by atoms with E-state index >= 15 is 0 Å². The first kappa shape index (κ1) is 14.4. The molecule has 2 N–H and O–H groups in total. The Hall–Kier alpha value is -1.06. The van der Waals surface area contributed by atoms with Crippen LogP contribution in [0.1, 0.15) is 31.2 Å². The zero-order valence-electron chi connectivity index (χ0n) is 11.5. The summed E-state index contributed by atoms with van der Waals surface area (Å²) in [6.45, 7) is 5.28. The van der Waals surface area contributed by atoms with Gasteiger partial charge in [-0.3, -0.25) is 4.79 Å². The number of likely N-dealkylation sites (tertiary alicyclic amines) is 1. The number of anilines is 1. The van der Waals surface area contributed by atoms with Crippen LogP contribution < -0.4 is 10.2 Å². The Morgan fingerprint density at radius 1 is 1.32 bits per heavy atom. The molecule has 1 aliphatic heterocycles. The molecule has 1 saturated heterocycles. The highest BCUT2D eigenvalue weighted by molar-refractivity contribution is 6.31. The van der Waals surface area contributed by atoms with Crippen LogP contribution in [0, 0.1) is 6.92 Å². The van der Waals surface area contributed by atoms with Gasteiger partial charge in [-0.15, -0.1) is 0 Å². The first-order valence-electron chi connectivity index (χ1n) is 7.05. The maximum absolute atomic E-state index is 12.0. The fourth-order valence-electron chi connectivity index (χ4n) is 2.55. The normalized spacial score (nSPS) is 16.3. The molecule has 3 nitrogen and oxygen atoms in total. The molecule has 1 heterocycles. The SMILES string of the molecule is Cc1c(Cl)cccc1NC(=O)CC[NH+]1CCCCC1. The van der Waals surface area contributed by atoms with Gasteiger partial charge in [-0.1, -0.05) is 17.7 Å². The van der Waals surface area contributed by atoms with Gasteiger partial charge < -0.3 is 10.2 Å². The maximum atomic E-state index is 12.0. The molecule has 0 radical (unpaired) electrons. The summed E-state index contributed by atoms with van der Waals surface area (Å²) in [5.41, 5.74) is 1.76. The second-order valence-electron chi connectivity index (χ2n) is 5.27. The third kappa shape index (κ3) is 4.22. The largest absolute Gasteiger partial charge is 0.335 e. The summed E-state index contributed by atoms with van der Waals surface area (Å²) in [5.74, 6) is 0.0865. The molecule has 104 valence electrons. The van der Waals surface area contributed by atoms with E-state index in [0.717, 1.165) is 17.8 Å². The summed E-state index contributed by atoms with van der Waals surface area (Å²) in [4.78, 5) is 13.5. The highest BCUT2D eigenvalue weighted by atomic mass is 35.5. The standard InChI is InChI=1S/C15H21ClN2O/c1-12-13(16)6-5-7-14(12)17-15(19)8-11-18-9-3-2-4-10-18/h5-7H,2-4,8-11H2,1H3,(H,17,19)/p+1. The van der Waals surface area contributed by atoms with E-state index < -0.39 is 0 Å². The fourth-order valence-corrected chi connectivity index (χ4v) is 2.72. The molecular weight excluding hydrogens is 260 g/mol. The van der Waals surface area contributed by atoms with Crippen LogP contribution in [-0.4, -0.2) is 25.5 Å². The molecule has 0 saturated carbocycles. The smallest absolute Gasteiger partial charge is 0.230 e. The van der Waals surface area contributed by atoms with Gasteiger partial charge in [0.1, 0.15) is 0 Å². The van der Waals surface area contributed by atoms with E-state index in [0.29, 0.717) is 11.4 Å². The molecule has 1 aromatic carbocycles. The first-order valence-corrected chi connectivity index (χ1v) is 7.43. The van der Waals surface area contributed by atoms with Gasteiger partial charge in [-0.25, -0.2) is 0 Å². The lowest BCUT2D eigenvalue weighted by Gasteiger charge is -2.23. The predicted molar refractivity (Wildman–Crippen MR) is 78.9 cm³/mol. The van der Waals surface area contributed by atoms with Crippen LogP contribution in [0.25, 0.3) is 0 Å². The summed E-state index contributed by atoms with van der Waals surface area (Å²) < 4.78 is 0. The van der Waals surface area contributed by atoms with Gasteiger partial charge >= 0.3 is 0 Å². The summed E-state index contributed by atoms with van der Waals surface area (Å²) >= 11 is 6.04. The number of hydrogen-bond acceptors (Lipinski definition) is 1. The summed E-state index contributed by atoms with van der Waals surface area (Å²) in [6.07, 6.45) is 4.52. The van der Waals surface area contributed by atoms with Gasteiger partial charge in [-0.2, -0.15) is 0 Å². The van der Waals surface area contributed by atoms with Crippen LogP contribution in [0.5, 0.6) is 0 Å². The molecule has 2 rings (SSSR count). The number of benzene rings is 1. The molecule has 1 amide bonds. The Bertz CT molecular complexity index is 442. The minimum absolute atomic E-state index is 0.0865. The van der Waals surface area contributed by atoms with Crippen LogP contribution in [0.3, 0.4) is 0 Å². The van der Waals surface area contributed by atoms with Crippen molar-refractivity contribution in [3.8, 4) is 0 Å². The number of quaternary nitrogens is 1. The minimum Gasteiger partial charge on any atom is -0.335 e. The number of halogens is 1. The van der Waals surface area contributed by atoms with Crippen LogP contribution >= 0.6 is 11.6 Å². The highest BCUT2D eigenvalue weighted by Crippen LogP contribution is 2.22. The van der Waals surface area contributed by atoms with E-state index in [1.54, 1.807) is 4.90 Å². The Morgan fingerprint density at radius 2 is 2.05 bits per heavy atom. The van der Waals surface area contributed by atoms with Crippen molar-refractivity contribution < 1.29 is 9.69 Å². The number of piperidine rings is 1. The third-order valence-electron chi connectivity index (χ3n) is 3.81. The van der Waals surface area contributed by atoms with Gasteiger partial charge in [0.05, 0.1) is 26.1 Å². The summed E-state index contributed by atoms with van der Waals surface area (Å²) in [6, 6.07) is 5.60. The molecule has 0 aromatic heterocycles. The van der Waals surface area contributed by atoms with E-state index in [2.05, 4.69) is 5.32 Å². The molecule has 0 spiro atoms. The Balaban J connectivity index is 1.82. The number of hydrogen-bond donors (Lipinski definition) is 2. The van der Waals surface area contributed by atoms with Crippen molar-refractivity contribution in [2.45, 2.75) is 32.6 Å². The zero-order chi connectivity index (χ0) is 13.7. The lowest BCUT2D eigenvalue weighted by molar-refractivity contribution is -0.904. The fraction of sp³-hybridized carbons (Fsp3) is 0.533. The molecule has 4 heteroatoms. The van der Waals surface area contributed by atoms with Gasteiger partial charge in [-0.05, 0) is 43.9 Å². The molecule has 19 heavy (non-hydrogen) atoms. The van der Waals surface area contributed by atoms with E-state index in [9.17, 15) is 4.79 Å². The minimum atomic E-state index is 0.0865. The topological polar surface area (TPSA) is 33.5 Å². The lowest BCUT2D eigenvalue weighted by Crippen LogP contribution is -3.12. The molecule has 0 unspecified atom stereocenters. The van der Waals surface area contributed by atoms with Crippen molar-refractivity contribution in [2.75, 3.05) is 25.0 Å². The van der Waals surface area contributed by atoms with Crippen molar-refractivity contribution in [2.24, 2.45) is 0 Å². The number of amides is 1. The van der Waals surface area contributed by atoms with Gasteiger partial charge in [0.15, 0.2) is 0 Å². The zero-order valence-corrected chi connectivity index (χ0v) is 12.2. The second-order valence-corrected chi connectivity index (χ2v) is 5.68. The Kier molecular flexibility index (Phi) is 5.23. The lowest BCUT2D eigenvalue weighted by atomic mass is 10.1. The third-order valence-corrected chi connectivity index (χ3v) is 4.22. The van der Waals surface area contributed by atoms with Crippen LogP contribution in [0.15, 0.2) is 18.2 Å². The van der Waals surface area contributed by atoms with E-state index in [-0.39, 0.29) is 5.91 Å². The van der Waals surface area contributed by atoms with Crippen molar-refractivity contribution in [3.63, 3.8) is 0 Å². The Morgan fingerprint density at radius 3 is 2.79 bits per heavy atom. The molecule has 0 aliphatic carbocycles. The van der Waals surface area contributed by atoms with E-state index in [4.69, 9.17) is 11.6 Å². The number of rotatable bonds is 4. The van der Waals surface area contributed by atoms with E-state index in [1.165, 1.54) is 32.4 Å². The first-order chi connectivity index (χ1) is 9.16. The quantitative estimate of drug-likeness (QED) is 0.870. The van der Waals surface area contributed by atoms with Gasteiger partial charge in [0.25, 0.3) is 0 Å². The molecule has 1 fully saturated rings. The van der Waals surface area contributed by atoms with Crippen LogP contribution in [-0.2, 0) is 4.79 Å². The monoisotopic (exact) mass is 281 g/mol. The second kappa shape index (κ2) is 6.92.